The van der Waals surface area contributed by atoms with E-state index in [9.17, 15) is 0 Å². The summed E-state index contributed by atoms with van der Waals surface area (Å²) < 4.78 is 0. The highest BCUT2D eigenvalue weighted by molar-refractivity contribution is 5.91. The number of benzene rings is 7. The van der Waals surface area contributed by atoms with Crippen molar-refractivity contribution in [3.63, 3.8) is 0 Å². The Morgan fingerprint density at radius 2 is 0.727 bits per heavy atom. The number of aryl methyl sites for hydroxylation is 9. The molecule has 55 heavy (non-hydrogen) atoms. The summed E-state index contributed by atoms with van der Waals surface area (Å²) >= 11 is 0. The molecule has 0 saturated heterocycles. The molecule has 0 unspecified atom stereocenters. The third kappa shape index (κ3) is 6.24. The van der Waals surface area contributed by atoms with Crippen molar-refractivity contribution >= 4 is 34.1 Å². The van der Waals surface area contributed by atoms with Crippen molar-refractivity contribution in [2.75, 3.05) is 9.80 Å². The van der Waals surface area contributed by atoms with Crippen LogP contribution in [0.25, 0.3) is 11.1 Å². The van der Waals surface area contributed by atoms with E-state index in [-0.39, 0.29) is 0 Å². The normalized spacial score (nSPS) is 12.7. The summed E-state index contributed by atoms with van der Waals surface area (Å²) in [5.41, 5.74) is 24.7. The van der Waals surface area contributed by atoms with Gasteiger partial charge in [-0.2, -0.15) is 0 Å². The summed E-state index contributed by atoms with van der Waals surface area (Å²) in [6.07, 6.45) is 0. The minimum absolute atomic E-state index is 0.407. The van der Waals surface area contributed by atoms with E-state index in [1.807, 2.05) is 0 Å². The van der Waals surface area contributed by atoms with Crippen LogP contribution in [0.15, 0.2) is 133 Å². The molecule has 0 saturated carbocycles. The van der Waals surface area contributed by atoms with E-state index in [4.69, 9.17) is 0 Å². The van der Waals surface area contributed by atoms with Crippen molar-refractivity contribution in [2.24, 2.45) is 0 Å². The van der Waals surface area contributed by atoms with E-state index < -0.39 is 5.41 Å². The predicted octanol–water partition coefficient (Wildman–Crippen LogP) is 14.7. The maximum Gasteiger partial charge on any atom is 0.0520 e. The third-order valence-electron chi connectivity index (χ3n) is 11.8. The molecular formula is C53H52N2. The van der Waals surface area contributed by atoms with Gasteiger partial charge in [-0.25, -0.2) is 0 Å². The molecule has 0 fully saturated rings. The molecular weight excluding hydrogens is 665 g/mol. The van der Waals surface area contributed by atoms with Gasteiger partial charge in [-0.3, -0.25) is 0 Å². The fourth-order valence-corrected chi connectivity index (χ4v) is 9.30. The molecule has 0 atom stereocenters. The van der Waals surface area contributed by atoms with Gasteiger partial charge in [0.2, 0.25) is 0 Å². The van der Waals surface area contributed by atoms with Crippen LogP contribution in [0.2, 0.25) is 0 Å². The molecule has 1 aliphatic rings. The summed E-state index contributed by atoms with van der Waals surface area (Å²) in [5.74, 6) is 0. The van der Waals surface area contributed by atoms with E-state index in [2.05, 4.69) is 212 Å². The predicted molar refractivity (Wildman–Crippen MR) is 236 cm³/mol. The van der Waals surface area contributed by atoms with Gasteiger partial charge in [0.15, 0.2) is 0 Å². The molecule has 0 radical (unpaired) electrons. The molecule has 0 heterocycles. The van der Waals surface area contributed by atoms with Crippen LogP contribution in [0.5, 0.6) is 0 Å². The van der Waals surface area contributed by atoms with E-state index in [0.717, 1.165) is 22.7 Å². The Morgan fingerprint density at radius 1 is 0.345 bits per heavy atom. The molecule has 7 aromatic rings. The van der Waals surface area contributed by atoms with Gasteiger partial charge in [0.25, 0.3) is 0 Å². The van der Waals surface area contributed by atoms with Crippen LogP contribution in [0.3, 0.4) is 0 Å². The quantitative estimate of drug-likeness (QED) is 0.162. The Balaban J connectivity index is 1.37. The minimum atomic E-state index is -0.407. The van der Waals surface area contributed by atoms with Crippen LogP contribution in [-0.4, -0.2) is 0 Å². The van der Waals surface area contributed by atoms with Gasteiger partial charge in [0.1, 0.15) is 0 Å². The fourth-order valence-electron chi connectivity index (χ4n) is 9.30. The van der Waals surface area contributed by atoms with Gasteiger partial charge in [-0.05, 0) is 168 Å². The van der Waals surface area contributed by atoms with Crippen LogP contribution < -0.4 is 9.80 Å². The van der Waals surface area contributed by atoms with Gasteiger partial charge in [-0.1, -0.05) is 113 Å². The number of hydrogen-bond donors (Lipinski definition) is 0. The smallest absolute Gasteiger partial charge is 0.0520 e. The first kappa shape index (κ1) is 36.1. The Labute approximate surface area is 328 Å². The summed E-state index contributed by atoms with van der Waals surface area (Å²) in [6, 6.07) is 50.6. The molecule has 0 amide bonds. The topological polar surface area (TPSA) is 6.48 Å². The van der Waals surface area contributed by atoms with Gasteiger partial charge in [-0.15, -0.1) is 0 Å². The maximum atomic E-state index is 2.47. The van der Waals surface area contributed by atoms with Crippen LogP contribution in [-0.2, 0) is 5.41 Å². The lowest BCUT2D eigenvalue weighted by atomic mass is 9.73. The number of rotatable bonds is 7. The zero-order valence-electron chi connectivity index (χ0n) is 34.1. The molecule has 8 rings (SSSR count). The first-order valence-corrected chi connectivity index (χ1v) is 19.6. The van der Waals surface area contributed by atoms with Gasteiger partial charge >= 0.3 is 0 Å². The number of fused-ring (bicyclic) bond motifs is 3. The highest BCUT2D eigenvalue weighted by Crippen LogP contribution is 2.56. The van der Waals surface area contributed by atoms with Crippen LogP contribution >= 0.6 is 0 Å². The van der Waals surface area contributed by atoms with Gasteiger partial charge in [0.05, 0.1) is 11.4 Å². The van der Waals surface area contributed by atoms with Crippen molar-refractivity contribution < 1.29 is 0 Å². The molecule has 0 aliphatic heterocycles. The second-order valence-corrected chi connectivity index (χ2v) is 16.3. The Kier molecular flexibility index (Phi) is 9.05. The standard InChI is InChI=1S/C53H52N2/c1-33-14-18-43(19-15-33)54(51-38(6)26-36(4)27-39(51)7)45-22-24-47-48-25-23-46(32-50(48)53(10,49(47)31-45)42-13-11-12-35(3)30-42)55(44-20-16-34(2)17-21-44)52-40(8)28-37(5)29-41(52)9/h11-32H,1-10H3. The summed E-state index contributed by atoms with van der Waals surface area (Å²) in [5, 5.41) is 0. The van der Waals surface area contributed by atoms with E-state index in [1.165, 1.54) is 89.3 Å². The molecule has 7 aromatic carbocycles. The molecule has 2 nitrogen and oxygen atoms in total. The summed E-state index contributed by atoms with van der Waals surface area (Å²) in [7, 11) is 0. The van der Waals surface area contributed by atoms with Crippen molar-refractivity contribution in [2.45, 2.75) is 74.7 Å². The van der Waals surface area contributed by atoms with Crippen LogP contribution in [0, 0.1) is 62.3 Å². The highest BCUT2D eigenvalue weighted by atomic mass is 15.2. The second-order valence-electron chi connectivity index (χ2n) is 16.3. The Bertz CT molecular complexity index is 2390. The molecule has 274 valence electrons. The lowest BCUT2D eigenvalue weighted by Gasteiger charge is -2.33. The Hall–Kier alpha value is -5.86. The number of nitrogens with zero attached hydrogens (tertiary/aromatic N) is 2. The molecule has 0 bridgehead atoms. The van der Waals surface area contributed by atoms with E-state index >= 15 is 0 Å². The molecule has 0 aromatic heterocycles. The lowest BCUT2D eigenvalue weighted by molar-refractivity contribution is 0.713. The second kappa shape index (κ2) is 13.8. The zero-order chi connectivity index (χ0) is 38.8. The first-order valence-electron chi connectivity index (χ1n) is 19.6. The average Bonchev–Trinajstić information content (AvgIpc) is 3.39. The van der Waals surface area contributed by atoms with Gasteiger partial charge in [0, 0.05) is 28.2 Å². The number of anilines is 6. The molecule has 0 N–H and O–H groups in total. The highest BCUT2D eigenvalue weighted by Gasteiger charge is 2.42. The fraction of sp³-hybridized carbons (Fsp3) is 0.208. The van der Waals surface area contributed by atoms with Crippen molar-refractivity contribution in [1.29, 1.82) is 0 Å². The third-order valence-corrected chi connectivity index (χ3v) is 11.8. The molecule has 1 aliphatic carbocycles. The van der Waals surface area contributed by atoms with E-state index in [1.54, 1.807) is 0 Å². The monoisotopic (exact) mass is 716 g/mol. The SMILES string of the molecule is Cc1ccc(N(c2ccc3c(c2)C(C)(c2cccc(C)c2)c2cc(N(c4ccc(C)cc4)c4c(C)cc(C)cc4C)ccc2-3)c2c(C)cc(C)cc2C)cc1. The molecule has 2 heteroatoms. The molecule has 0 spiro atoms. The lowest BCUT2D eigenvalue weighted by Crippen LogP contribution is -2.24. The summed E-state index contributed by atoms with van der Waals surface area (Å²) in [6.45, 7) is 22.3. The van der Waals surface area contributed by atoms with Crippen molar-refractivity contribution in [1.82, 2.24) is 0 Å². The minimum Gasteiger partial charge on any atom is -0.310 e. The Morgan fingerprint density at radius 3 is 1.11 bits per heavy atom. The number of hydrogen-bond acceptors (Lipinski definition) is 2. The van der Waals surface area contributed by atoms with Crippen LogP contribution in [0.4, 0.5) is 34.1 Å². The maximum absolute atomic E-state index is 2.47. The van der Waals surface area contributed by atoms with Crippen molar-refractivity contribution in [3.05, 3.63) is 200 Å². The zero-order valence-corrected chi connectivity index (χ0v) is 34.1. The van der Waals surface area contributed by atoms with Crippen LogP contribution in [0.1, 0.15) is 73.7 Å². The summed E-state index contributed by atoms with van der Waals surface area (Å²) in [4.78, 5) is 4.94. The van der Waals surface area contributed by atoms with Crippen molar-refractivity contribution in [3.8, 4) is 11.1 Å². The largest absolute Gasteiger partial charge is 0.310 e. The van der Waals surface area contributed by atoms with Gasteiger partial charge < -0.3 is 9.80 Å². The first-order chi connectivity index (χ1) is 26.3. The average molecular weight is 717 g/mol. The van der Waals surface area contributed by atoms with E-state index in [0.29, 0.717) is 0 Å².